The standard InChI is InChI=1S/C13H14BrNO3/c1-2-18-7-3-6-15-11-5-4-9(14)8-10(11)12(16)13(15)17/h4-5,8H,2-3,6-7H2,1H3. The summed E-state index contributed by atoms with van der Waals surface area (Å²) >= 11 is 3.30. The molecule has 0 unspecified atom stereocenters. The predicted octanol–water partition coefficient (Wildman–Crippen LogP) is 2.41. The molecule has 1 aromatic carbocycles. The second kappa shape index (κ2) is 5.63. The first-order chi connectivity index (χ1) is 8.65. The van der Waals surface area contributed by atoms with Crippen LogP contribution in [0.15, 0.2) is 22.7 Å². The average molecular weight is 312 g/mol. The number of rotatable bonds is 5. The Hall–Kier alpha value is -1.20. The number of ketones is 1. The summed E-state index contributed by atoms with van der Waals surface area (Å²) in [5.41, 5.74) is 1.18. The smallest absolute Gasteiger partial charge is 0.299 e. The van der Waals surface area contributed by atoms with Crippen molar-refractivity contribution < 1.29 is 14.3 Å². The number of anilines is 1. The van der Waals surface area contributed by atoms with Gasteiger partial charge in [-0.1, -0.05) is 15.9 Å². The molecule has 0 radical (unpaired) electrons. The Morgan fingerprint density at radius 3 is 2.83 bits per heavy atom. The molecule has 96 valence electrons. The molecule has 0 saturated carbocycles. The van der Waals surface area contributed by atoms with Crippen molar-refractivity contribution in [2.24, 2.45) is 0 Å². The van der Waals surface area contributed by atoms with Crippen LogP contribution in [0.5, 0.6) is 0 Å². The summed E-state index contributed by atoms with van der Waals surface area (Å²) in [6.45, 7) is 3.70. The second-order valence-electron chi connectivity index (χ2n) is 4.00. The normalized spacial score (nSPS) is 14.2. The zero-order valence-corrected chi connectivity index (χ0v) is 11.7. The van der Waals surface area contributed by atoms with E-state index in [1.54, 1.807) is 12.1 Å². The van der Waals surface area contributed by atoms with Crippen molar-refractivity contribution in [2.75, 3.05) is 24.7 Å². The van der Waals surface area contributed by atoms with Crippen LogP contribution >= 0.6 is 15.9 Å². The minimum absolute atomic E-state index is 0.428. The highest BCUT2D eigenvalue weighted by molar-refractivity contribution is 9.10. The summed E-state index contributed by atoms with van der Waals surface area (Å²) in [4.78, 5) is 25.2. The van der Waals surface area contributed by atoms with Gasteiger partial charge in [0, 0.05) is 24.2 Å². The van der Waals surface area contributed by atoms with Gasteiger partial charge in [-0.25, -0.2) is 0 Å². The molecule has 1 aliphatic heterocycles. The van der Waals surface area contributed by atoms with Crippen LogP contribution in [0, 0.1) is 0 Å². The van der Waals surface area contributed by atoms with E-state index < -0.39 is 11.7 Å². The van der Waals surface area contributed by atoms with Gasteiger partial charge in [0.25, 0.3) is 11.7 Å². The van der Waals surface area contributed by atoms with Crippen LogP contribution in [-0.2, 0) is 9.53 Å². The summed E-state index contributed by atoms with van der Waals surface area (Å²) in [6, 6.07) is 5.32. The van der Waals surface area contributed by atoms with Gasteiger partial charge in [-0.2, -0.15) is 0 Å². The minimum atomic E-state index is -0.445. The molecule has 0 saturated heterocycles. The van der Waals surface area contributed by atoms with Gasteiger partial charge >= 0.3 is 0 Å². The molecule has 1 aromatic rings. The van der Waals surface area contributed by atoms with Gasteiger partial charge in [0.15, 0.2) is 0 Å². The highest BCUT2D eigenvalue weighted by atomic mass is 79.9. The van der Waals surface area contributed by atoms with Crippen molar-refractivity contribution in [1.82, 2.24) is 0 Å². The number of hydrogen-bond acceptors (Lipinski definition) is 3. The van der Waals surface area contributed by atoms with Crippen LogP contribution < -0.4 is 4.90 Å². The van der Waals surface area contributed by atoms with Crippen LogP contribution in [0.1, 0.15) is 23.7 Å². The molecule has 1 heterocycles. The second-order valence-corrected chi connectivity index (χ2v) is 4.91. The predicted molar refractivity (Wildman–Crippen MR) is 71.9 cm³/mol. The average Bonchev–Trinajstić information content (AvgIpc) is 2.59. The summed E-state index contributed by atoms with van der Waals surface area (Å²) in [6.07, 6.45) is 0.725. The van der Waals surface area contributed by atoms with Crippen molar-refractivity contribution in [3.8, 4) is 0 Å². The van der Waals surface area contributed by atoms with Gasteiger partial charge in [0.05, 0.1) is 11.3 Å². The lowest BCUT2D eigenvalue weighted by Gasteiger charge is -2.16. The van der Waals surface area contributed by atoms with Gasteiger partial charge in [0.2, 0.25) is 0 Å². The molecule has 0 bridgehead atoms. The number of hydrogen-bond donors (Lipinski definition) is 0. The zero-order chi connectivity index (χ0) is 13.1. The van der Waals surface area contributed by atoms with E-state index in [0.29, 0.717) is 31.0 Å². The van der Waals surface area contributed by atoms with Crippen LogP contribution in [0.25, 0.3) is 0 Å². The number of amides is 1. The fourth-order valence-electron chi connectivity index (χ4n) is 1.96. The van der Waals surface area contributed by atoms with E-state index in [4.69, 9.17) is 4.74 Å². The van der Waals surface area contributed by atoms with Crippen LogP contribution in [-0.4, -0.2) is 31.4 Å². The van der Waals surface area contributed by atoms with Crippen molar-refractivity contribution in [2.45, 2.75) is 13.3 Å². The fourth-order valence-corrected chi connectivity index (χ4v) is 2.32. The molecule has 0 atom stereocenters. The lowest BCUT2D eigenvalue weighted by Crippen LogP contribution is -2.31. The monoisotopic (exact) mass is 311 g/mol. The van der Waals surface area contributed by atoms with Crippen LogP contribution in [0.2, 0.25) is 0 Å². The Kier molecular flexibility index (Phi) is 4.14. The Labute approximate surface area is 114 Å². The largest absolute Gasteiger partial charge is 0.382 e. The lowest BCUT2D eigenvalue weighted by atomic mass is 10.1. The number of ether oxygens (including phenoxy) is 1. The lowest BCUT2D eigenvalue weighted by molar-refractivity contribution is -0.114. The molecule has 5 heteroatoms. The highest BCUT2D eigenvalue weighted by Crippen LogP contribution is 2.31. The quantitative estimate of drug-likeness (QED) is 0.619. The molecular weight excluding hydrogens is 298 g/mol. The SMILES string of the molecule is CCOCCCN1C(=O)C(=O)c2cc(Br)ccc21. The van der Waals surface area contributed by atoms with E-state index in [2.05, 4.69) is 15.9 Å². The maximum Gasteiger partial charge on any atom is 0.299 e. The van der Waals surface area contributed by atoms with E-state index in [1.807, 2.05) is 13.0 Å². The molecule has 1 amide bonds. The number of fused-ring (bicyclic) bond motifs is 1. The number of nitrogens with zero attached hydrogens (tertiary/aromatic N) is 1. The number of carbonyl (C=O) groups is 2. The van der Waals surface area contributed by atoms with E-state index in [9.17, 15) is 9.59 Å². The van der Waals surface area contributed by atoms with Crippen molar-refractivity contribution in [3.63, 3.8) is 0 Å². The van der Waals surface area contributed by atoms with Crippen LogP contribution in [0.4, 0.5) is 5.69 Å². The van der Waals surface area contributed by atoms with Gasteiger partial charge in [-0.3, -0.25) is 9.59 Å². The molecule has 0 spiro atoms. The Morgan fingerprint density at radius 2 is 2.11 bits per heavy atom. The fraction of sp³-hybridized carbons (Fsp3) is 0.385. The third-order valence-electron chi connectivity index (χ3n) is 2.81. The molecule has 0 N–H and O–H groups in total. The van der Waals surface area contributed by atoms with Gasteiger partial charge < -0.3 is 9.64 Å². The maximum atomic E-state index is 11.9. The number of halogens is 1. The zero-order valence-electron chi connectivity index (χ0n) is 10.1. The number of Topliss-reactive ketones (excluding diaryl/α,β-unsaturated/α-hetero) is 1. The number of carbonyl (C=O) groups excluding carboxylic acids is 2. The third-order valence-corrected chi connectivity index (χ3v) is 3.30. The molecule has 18 heavy (non-hydrogen) atoms. The van der Waals surface area contributed by atoms with E-state index in [-0.39, 0.29) is 0 Å². The molecule has 0 aliphatic carbocycles. The van der Waals surface area contributed by atoms with Crippen LogP contribution in [0.3, 0.4) is 0 Å². The van der Waals surface area contributed by atoms with Gasteiger partial charge in [-0.15, -0.1) is 0 Å². The first-order valence-electron chi connectivity index (χ1n) is 5.88. The summed E-state index contributed by atoms with van der Waals surface area (Å²) in [5.74, 6) is -0.873. The van der Waals surface area contributed by atoms with E-state index in [0.717, 1.165) is 10.9 Å². The minimum Gasteiger partial charge on any atom is -0.382 e. The highest BCUT2D eigenvalue weighted by Gasteiger charge is 2.35. The third kappa shape index (κ3) is 2.47. The number of benzene rings is 1. The topological polar surface area (TPSA) is 46.6 Å². The van der Waals surface area contributed by atoms with Crippen molar-refractivity contribution in [1.29, 1.82) is 0 Å². The molecular formula is C13H14BrNO3. The van der Waals surface area contributed by atoms with Gasteiger partial charge in [-0.05, 0) is 31.5 Å². The molecule has 0 fully saturated rings. The van der Waals surface area contributed by atoms with E-state index in [1.165, 1.54) is 4.90 Å². The summed E-state index contributed by atoms with van der Waals surface area (Å²) in [7, 11) is 0. The molecule has 1 aliphatic rings. The molecule has 0 aromatic heterocycles. The van der Waals surface area contributed by atoms with Crippen molar-refractivity contribution in [3.05, 3.63) is 28.2 Å². The Morgan fingerprint density at radius 1 is 1.33 bits per heavy atom. The van der Waals surface area contributed by atoms with Gasteiger partial charge in [0.1, 0.15) is 0 Å². The molecule has 4 nitrogen and oxygen atoms in total. The Balaban J connectivity index is 2.13. The summed E-state index contributed by atoms with van der Waals surface area (Å²) in [5, 5.41) is 0. The first-order valence-corrected chi connectivity index (χ1v) is 6.68. The first kappa shape index (κ1) is 13.2. The molecule has 2 rings (SSSR count). The van der Waals surface area contributed by atoms with Crippen molar-refractivity contribution >= 4 is 33.3 Å². The maximum absolute atomic E-state index is 11.9. The summed E-state index contributed by atoms with van der Waals surface area (Å²) < 4.78 is 6.04. The Bertz CT molecular complexity index is 487. The van der Waals surface area contributed by atoms with E-state index >= 15 is 0 Å².